The summed E-state index contributed by atoms with van der Waals surface area (Å²) in [6.45, 7) is 2.37. The van der Waals surface area contributed by atoms with Crippen molar-refractivity contribution in [2.24, 2.45) is 0 Å². The summed E-state index contributed by atoms with van der Waals surface area (Å²) in [4.78, 5) is 6.36. The Morgan fingerprint density at radius 2 is 1.62 bits per heavy atom. The second-order valence-corrected chi connectivity index (χ2v) is 4.05. The zero-order chi connectivity index (χ0) is 10.8. The average molecular weight is 214 g/mol. The molecule has 1 fully saturated rings. The molecule has 0 bridgehead atoms. The zero-order valence-electron chi connectivity index (χ0n) is 9.08. The van der Waals surface area contributed by atoms with Crippen molar-refractivity contribution in [3.8, 4) is 5.69 Å². The molecule has 0 radical (unpaired) electrons. The summed E-state index contributed by atoms with van der Waals surface area (Å²) in [6.07, 6.45) is 5.88. The van der Waals surface area contributed by atoms with Gasteiger partial charge in [0.2, 0.25) is 0 Å². The first-order valence-electron chi connectivity index (χ1n) is 5.63. The predicted molar refractivity (Wildman–Crippen MR) is 62.8 cm³/mol. The zero-order valence-corrected chi connectivity index (χ0v) is 9.08. The van der Waals surface area contributed by atoms with Crippen molar-refractivity contribution in [3.63, 3.8) is 0 Å². The molecule has 0 N–H and O–H groups in total. The summed E-state index contributed by atoms with van der Waals surface area (Å²) >= 11 is 0. The van der Waals surface area contributed by atoms with Crippen molar-refractivity contribution >= 4 is 5.69 Å². The highest BCUT2D eigenvalue weighted by Gasteiger charge is 2.11. The molecule has 4 heteroatoms. The van der Waals surface area contributed by atoms with Gasteiger partial charge in [0.1, 0.15) is 12.7 Å². The van der Waals surface area contributed by atoms with Gasteiger partial charge in [-0.3, -0.25) is 0 Å². The summed E-state index contributed by atoms with van der Waals surface area (Å²) in [5, 5.41) is 4.11. The maximum atomic E-state index is 4.11. The second kappa shape index (κ2) is 3.96. The van der Waals surface area contributed by atoms with E-state index in [0.29, 0.717) is 0 Å². The van der Waals surface area contributed by atoms with Gasteiger partial charge < -0.3 is 4.90 Å². The van der Waals surface area contributed by atoms with Gasteiger partial charge in [0.25, 0.3) is 0 Å². The molecule has 0 saturated carbocycles. The minimum Gasteiger partial charge on any atom is -0.372 e. The standard InChI is InChI=1S/C12H14N4/c1-2-8-15(7-1)11-3-5-12(6-4-11)16-10-13-9-14-16/h3-6,9-10H,1-2,7-8H2. The minimum absolute atomic E-state index is 1.06. The number of nitrogens with zero attached hydrogens (tertiary/aromatic N) is 4. The Kier molecular flexibility index (Phi) is 2.33. The van der Waals surface area contributed by atoms with Gasteiger partial charge in [-0.05, 0) is 37.1 Å². The highest BCUT2D eigenvalue weighted by molar-refractivity contribution is 5.51. The van der Waals surface area contributed by atoms with Crippen LogP contribution >= 0.6 is 0 Å². The monoisotopic (exact) mass is 214 g/mol. The molecule has 16 heavy (non-hydrogen) atoms. The van der Waals surface area contributed by atoms with E-state index in [4.69, 9.17) is 0 Å². The van der Waals surface area contributed by atoms with Crippen LogP contribution in [-0.4, -0.2) is 27.9 Å². The summed E-state index contributed by atoms with van der Waals surface area (Å²) in [5.74, 6) is 0. The third-order valence-electron chi connectivity index (χ3n) is 3.00. The SMILES string of the molecule is c1ncn(-c2ccc(N3CCCC3)cc2)n1. The van der Waals surface area contributed by atoms with Gasteiger partial charge in [0, 0.05) is 18.8 Å². The van der Waals surface area contributed by atoms with E-state index in [-0.39, 0.29) is 0 Å². The molecule has 1 aromatic carbocycles. The Hall–Kier alpha value is -1.84. The fraction of sp³-hybridized carbons (Fsp3) is 0.333. The van der Waals surface area contributed by atoms with E-state index >= 15 is 0 Å². The van der Waals surface area contributed by atoms with Crippen LogP contribution in [0.25, 0.3) is 5.69 Å². The number of hydrogen-bond acceptors (Lipinski definition) is 3. The molecule has 4 nitrogen and oxygen atoms in total. The normalized spacial score (nSPS) is 15.6. The summed E-state index contributed by atoms with van der Waals surface area (Å²) in [7, 11) is 0. The Morgan fingerprint density at radius 3 is 2.25 bits per heavy atom. The lowest BCUT2D eigenvalue weighted by Gasteiger charge is -2.17. The van der Waals surface area contributed by atoms with E-state index in [2.05, 4.69) is 39.2 Å². The van der Waals surface area contributed by atoms with Crippen molar-refractivity contribution in [1.82, 2.24) is 14.8 Å². The van der Waals surface area contributed by atoms with Crippen LogP contribution < -0.4 is 4.90 Å². The molecule has 1 aliphatic rings. The van der Waals surface area contributed by atoms with E-state index in [1.54, 1.807) is 17.3 Å². The fourth-order valence-electron chi connectivity index (χ4n) is 2.13. The smallest absolute Gasteiger partial charge is 0.138 e. The third-order valence-corrected chi connectivity index (χ3v) is 3.00. The van der Waals surface area contributed by atoms with Crippen molar-refractivity contribution in [1.29, 1.82) is 0 Å². The largest absolute Gasteiger partial charge is 0.372 e. The van der Waals surface area contributed by atoms with Crippen LogP contribution in [-0.2, 0) is 0 Å². The van der Waals surface area contributed by atoms with Crippen LogP contribution in [0.2, 0.25) is 0 Å². The molecule has 0 unspecified atom stereocenters. The van der Waals surface area contributed by atoms with Gasteiger partial charge in [0.05, 0.1) is 5.69 Å². The topological polar surface area (TPSA) is 34.0 Å². The lowest BCUT2D eigenvalue weighted by molar-refractivity contribution is 0.877. The van der Waals surface area contributed by atoms with Gasteiger partial charge in [0.15, 0.2) is 0 Å². The maximum Gasteiger partial charge on any atom is 0.138 e. The molecular weight excluding hydrogens is 200 g/mol. The quantitative estimate of drug-likeness (QED) is 0.765. The van der Waals surface area contributed by atoms with Crippen molar-refractivity contribution in [3.05, 3.63) is 36.9 Å². The Morgan fingerprint density at radius 1 is 0.938 bits per heavy atom. The summed E-state index contributed by atoms with van der Waals surface area (Å²) in [5.41, 5.74) is 2.36. The molecule has 0 atom stereocenters. The molecule has 0 spiro atoms. The molecule has 0 aliphatic carbocycles. The molecular formula is C12H14N4. The number of rotatable bonds is 2. The molecule has 1 aliphatic heterocycles. The van der Waals surface area contributed by atoms with Gasteiger partial charge in [-0.2, -0.15) is 5.10 Å². The molecule has 82 valence electrons. The second-order valence-electron chi connectivity index (χ2n) is 4.05. The van der Waals surface area contributed by atoms with E-state index < -0.39 is 0 Å². The van der Waals surface area contributed by atoms with Crippen LogP contribution in [0, 0.1) is 0 Å². The lowest BCUT2D eigenvalue weighted by atomic mass is 10.2. The van der Waals surface area contributed by atoms with E-state index in [1.807, 2.05) is 0 Å². The molecule has 0 amide bonds. The summed E-state index contributed by atoms with van der Waals surface area (Å²) < 4.78 is 1.77. The minimum atomic E-state index is 1.06. The van der Waals surface area contributed by atoms with Crippen LogP contribution in [0.5, 0.6) is 0 Å². The fourth-order valence-corrected chi connectivity index (χ4v) is 2.13. The number of benzene rings is 1. The van der Waals surface area contributed by atoms with Crippen LogP contribution in [0.15, 0.2) is 36.9 Å². The molecule has 1 saturated heterocycles. The number of hydrogen-bond donors (Lipinski definition) is 0. The van der Waals surface area contributed by atoms with Gasteiger partial charge in [-0.15, -0.1) is 0 Å². The van der Waals surface area contributed by atoms with Crippen LogP contribution in [0.3, 0.4) is 0 Å². The first-order valence-corrected chi connectivity index (χ1v) is 5.63. The van der Waals surface area contributed by atoms with Gasteiger partial charge in [-0.25, -0.2) is 9.67 Å². The molecule has 3 rings (SSSR count). The van der Waals surface area contributed by atoms with Gasteiger partial charge in [-0.1, -0.05) is 0 Å². The van der Waals surface area contributed by atoms with E-state index in [1.165, 1.54) is 31.6 Å². The first kappa shape index (κ1) is 9.39. The predicted octanol–water partition coefficient (Wildman–Crippen LogP) is 1.87. The van der Waals surface area contributed by atoms with E-state index in [9.17, 15) is 0 Å². The van der Waals surface area contributed by atoms with Crippen LogP contribution in [0.1, 0.15) is 12.8 Å². The van der Waals surface area contributed by atoms with Crippen molar-refractivity contribution in [2.45, 2.75) is 12.8 Å². The Labute approximate surface area is 94.5 Å². The van der Waals surface area contributed by atoms with Crippen molar-refractivity contribution in [2.75, 3.05) is 18.0 Å². The Bertz CT molecular complexity index is 440. The lowest BCUT2D eigenvalue weighted by Crippen LogP contribution is -2.17. The Balaban J connectivity index is 1.84. The van der Waals surface area contributed by atoms with E-state index in [0.717, 1.165) is 5.69 Å². The maximum absolute atomic E-state index is 4.11. The van der Waals surface area contributed by atoms with Gasteiger partial charge >= 0.3 is 0 Å². The van der Waals surface area contributed by atoms with Crippen LogP contribution in [0.4, 0.5) is 5.69 Å². The molecule has 2 heterocycles. The number of aromatic nitrogens is 3. The number of anilines is 1. The third kappa shape index (κ3) is 1.66. The summed E-state index contributed by atoms with van der Waals surface area (Å²) in [6, 6.07) is 8.48. The highest BCUT2D eigenvalue weighted by atomic mass is 15.3. The highest BCUT2D eigenvalue weighted by Crippen LogP contribution is 2.21. The molecule has 2 aromatic rings. The van der Waals surface area contributed by atoms with Crippen molar-refractivity contribution < 1.29 is 0 Å². The first-order chi connectivity index (χ1) is 7.93. The average Bonchev–Trinajstić information content (AvgIpc) is 3.03. The molecule has 1 aromatic heterocycles.